The van der Waals surface area contributed by atoms with Crippen molar-refractivity contribution in [2.24, 2.45) is 0 Å². The Morgan fingerprint density at radius 2 is 1.91 bits per heavy atom. The molecule has 35 heavy (non-hydrogen) atoms. The number of amides is 1. The zero-order chi connectivity index (χ0) is 24.2. The molecule has 1 aliphatic heterocycles. The Labute approximate surface area is 203 Å². The Morgan fingerprint density at radius 3 is 2.60 bits per heavy atom. The van der Waals surface area contributed by atoms with Gasteiger partial charge in [0.25, 0.3) is 0 Å². The van der Waals surface area contributed by atoms with Crippen LogP contribution in [0.3, 0.4) is 0 Å². The van der Waals surface area contributed by atoms with Crippen LogP contribution in [0.15, 0.2) is 67.3 Å². The molecule has 4 aromatic rings. The summed E-state index contributed by atoms with van der Waals surface area (Å²) in [6.07, 6.45) is 8.14. The minimum absolute atomic E-state index is 0.375. The first-order valence-corrected chi connectivity index (χ1v) is 11.8. The van der Waals surface area contributed by atoms with Crippen LogP contribution in [0, 0.1) is 0 Å². The van der Waals surface area contributed by atoms with Crippen molar-refractivity contribution in [2.75, 3.05) is 18.4 Å². The van der Waals surface area contributed by atoms with Crippen molar-refractivity contribution >= 4 is 17.7 Å². The first-order chi connectivity index (χ1) is 17.1. The molecule has 0 saturated carbocycles. The van der Waals surface area contributed by atoms with Crippen LogP contribution in [0.4, 0.5) is 16.4 Å². The summed E-state index contributed by atoms with van der Waals surface area (Å²) in [5, 5.41) is 17.2. The van der Waals surface area contributed by atoms with Crippen molar-refractivity contribution in [3.8, 4) is 22.5 Å². The van der Waals surface area contributed by atoms with Crippen LogP contribution in [0.2, 0.25) is 0 Å². The van der Waals surface area contributed by atoms with Crippen molar-refractivity contribution in [1.82, 2.24) is 29.6 Å². The molecule has 2 N–H and O–H groups in total. The van der Waals surface area contributed by atoms with Crippen molar-refractivity contribution < 1.29 is 9.90 Å². The van der Waals surface area contributed by atoms with Gasteiger partial charge < -0.3 is 15.3 Å². The number of pyridine rings is 1. The number of rotatable bonds is 6. The van der Waals surface area contributed by atoms with Crippen molar-refractivity contribution in [1.29, 1.82) is 0 Å². The van der Waals surface area contributed by atoms with Gasteiger partial charge in [0.1, 0.15) is 5.69 Å². The summed E-state index contributed by atoms with van der Waals surface area (Å²) in [6.45, 7) is 3.97. The Hall–Kier alpha value is -4.27. The van der Waals surface area contributed by atoms with Gasteiger partial charge in [0.15, 0.2) is 0 Å². The molecule has 3 aromatic heterocycles. The lowest BCUT2D eigenvalue weighted by Crippen LogP contribution is -2.36. The number of carbonyl (C=O) groups is 1. The quantitative estimate of drug-likeness (QED) is 0.408. The first kappa shape index (κ1) is 22.5. The standard InChI is InChI=1S/C26H27N7O2/c1-2-33-17-22(24(31-33)20-4-3-12-27-16-20)23-9-13-28-25(30-23)29-21-7-5-18(6-8-21)19-10-14-32(15-11-19)26(34)35/h3-9,12-13,16-17,19H,2,10-11,14-15H2,1H3,(H,34,35)(H,28,29,30). The molecule has 1 aromatic carbocycles. The van der Waals surface area contributed by atoms with Crippen LogP contribution >= 0.6 is 0 Å². The maximum absolute atomic E-state index is 11.1. The van der Waals surface area contributed by atoms with Crippen LogP contribution in [0.5, 0.6) is 0 Å². The fraction of sp³-hybridized carbons (Fsp3) is 0.269. The van der Waals surface area contributed by atoms with Crippen molar-refractivity contribution in [3.63, 3.8) is 0 Å². The molecule has 0 aliphatic carbocycles. The number of nitrogens with zero attached hydrogens (tertiary/aromatic N) is 6. The molecule has 1 saturated heterocycles. The largest absolute Gasteiger partial charge is 0.465 e. The minimum Gasteiger partial charge on any atom is -0.465 e. The van der Waals surface area contributed by atoms with Gasteiger partial charge in [-0.25, -0.2) is 14.8 Å². The van der Waals surface area contributed by atoms with E-state index in [9.17, 15) is 4.79 Å². The van der Waals surface area contributed by atoms with Gasteiger partial charge in [-0.1, -0.05) is 12.1 Å². The summed E-state index contributed by atoms with van der Waals surface area (Å²) in [4.78, 5) is 26.0. The predicted octanol–water partition coefficient (Wildman–Crippen LogP) is 5.02. The molecule has 1 fully saturated rings. The molecule has 0 atom stereocenters. The highest BCUT2D eigenvalue weighted by atomic mass is 16.4. The van der Waals surface area contributed by atoms with Crippen LogP contribution in [-0.2, 0) is 6.54 Å². The number of nitrogens with one attached hydrogen (secondary N) is 1. The highest BCUT2D eigenvalue weighted by molar-refractivity contribution is 5.78. The van der Waals surface area contributed by atoms with E-state index in [1.54, 1.807) is 18.6 Å². The molecule has 4 heterocycles. The summed E-state index contributed by atoms with van der Waals surface area (Å²) in [5.41, 5.74) is 5.60. The lowest BCUT2D eigenvalue weighted by atomic mass is 9.89. The molecule has 1 amide bonds. The second-order valence-corrected chi connectivity index (χ2v) is 8.55. The Kier molecular flexibility index (Phi) is 6.38. The van der Waals surface area contributed by atoms with Gasteiger partial charge in [-0.05, 0) is 61.6 Å². The van der Waals surface area contributed by atoms with E-state index >= 15 is 0 Å². The number of aromatic nitrogens is 5. The number of benzene rings is 1. The summed E-state index contributed by atoms with van der Waals surface area (Å²) in [5.74, 6) is 0.881. The van der Waals surface area contributed by atoms with Crippen molar-refractivity contribution in [3.05, 3.63) is 72.8 Å². The molecule has 0 radical (unpaired) electrons. The summed E-state index contributed by atoms with van der Waals surface area (Å²) in [6, 6.07) is 14.0. The van der Waals surface area contributed by atoms with E-state index in [0.29, 0.717) is 25.0 Å². The van der Waals surface area contributed by atoms with E-state index in [2.05, 4.69) is 34.3 Å². The van der Waals surface area contributed by atoms with Gasteiger partial charge in [0.2, 0.25) is 5.95 Å². The minimum atomic E-state index is -0.833. The lowest BCUT2D eigenvalue weighted by Gasteiger charge is -2.30. The monoisotopic (exact) mass is 469 g/mol. The zero-order valence-electron chi connectivity index (χ0n) is 19.5. The molecule has 5 rings (SSSR count). The van der Waals surface area contributed by atoms with Gasteiger partial charge in [0.05, 0.1) is 5.69 Å². The van der Waals surface area contributed by atoms with Gasteiger partial charge in [-0.3, -0.25) is 9.67 Å². The third-order valence-electron chi connectivity index (χ3n) is 6.36. The SMILES string of the molecule is CCn1cc(-c2ccnc(Nc3ccc(C4CCN(C(=O)O)CC4)cc3)n2)c(-c2cccnc2)n1. The molecular formula is C26H27N7O2. The molecule has 178 valence electrons. The Balaban J connectivity index is 1.33. The number of anilines is 2. The molecule has 0 unspecified atom stereocenters. The molecule has 9 heteroatoms. The van der Waals surface area contributed by atoms with Crippen LogP contribution in [-0.4, -0.2) is 53.9 Å². The smallest absolute Gasteiger partial charge is 0.407 e. The normalized spacial score (nSPS) is 14.1. The third-order valence-corrected chi connectivity index (χ3v) is 6.36. The topological polar surface area (TPSA) is 109 Å². The van der Waals surface area contributed by atoms with Crippen LogP contribution in [0.25, 0.3) is 22.5 Å². The van der Waals surface area contributed by atoms with E-state index in [4.69, 9.17) is 15.2 Å². The molecular weight excluding hydrogens is 442 g/mol. The van der Waals surface area contributed by atoms with Gasteiger partial charge >= 0.3 is 6.09 Å². The number of likely N-dealkylation sites (tertiary alicyclic amines) is 1. The Bertz CT molecular complexity index is 1300. The fourth-order valence-corrected chi connectivity index (χ4v) is 4.43. The van der Waals surface area contributed by atoms with Crippen LogP contribution in [0.1, 0.15) is 31.2 Å². The zero-order valence-corrected chi connectivity index (χ0v) is 19.5. The van der Waals surface area contributed by atoms with E-state index in [-0.39, 0.29) is 0 Å². The molecule has 0 spiro atoms. The summed E-state index contributed by atoms with van der Waals surface area (Å²) < 4.78 is 1.90. The maximum Gasteiger partial charge on any atom is 0.407 e. The number of aryl methyl sites for hydroxylation is 1. The van der Waals surface area contributed by atoms with E-state index < -0.39 is 6.09 Å². The van der Waals surface area contributed by atoms with Crippen LogP contribution < -0.4 is 5.32 Å². The van der Waals surface area contributed by atoms with Gasteiger partial charge in [-0.2, -0.15) is 5.10 Å². The average molecular weight is 470 g/mol. The fourth-order valence-electron chi connectivity index (χ4n) is 4.43. The molecule has 9 nitrogen and oxygen atoms in total. The number of piperidine rings is 1. The van der Waals surface area contributed by atoms with E-state index in [1.165, 1.54) is 10.5 Å². The predicted molar refractivity (Wildman–Crippen MR) is 133 cm³/mol. The first-order valence-electron chi connectivity index (χ1n) is 11.8. The summed E-state index contributed by atoms with van der Waals surface area (Å²) >= 11 is 0. The second kappa shape index (κ2) is 9.92. The highest BCUT2D eigenvalue weighted by Gasteiger charge is 2.23. The Morgan fingerprint density at radius 1 is 1.11 bits per heavy atom. The number of carboxylic acid groups (broad SMARTS) is 1. The molecule has 0 bridgehead atoms. The maximum atomic E-state index is 11.1. The van der Waals surface area contributed by atoms with Gasteiger partial charge in [-0.15, -0.1) is 0 Å². The van der Waals surface area contributed by atoms with Crippen molar-refractivity contribution in [2.45, 2.75) is 32.2 Å². The summed E-state index contributed by atoms with van der Waals surface area (Å²) in [7, 11) is 0. The number of hydrogen-bond acceptors (Lipinski definition) is 6. The van der Waals surface area contributed by atoms with E-state index in [1.807, 2.05) is 41.2 Å². The lowest BCUT2D eigenvalue weighted by molar-refractivity contribution is 0.132. The highest BCUT2D eigenvalue weighted by Crippen LogP contribution is 2.31. The van der Waals surface area contributed by atoms with E-state index in [0.717, 1.165) is 47.6 Å². The molecule has 1 aliphatic rings. The van der Waals surface area contributed by atoms with Gasteiger partial charge in [0, 0.05) is 61.2 Å². The number of hydrogen-bond donors (Lipinski definition) is 2. The third kappa shape index (κ3) is 4.98. The average Bonchev–Trinajstić information content (AvgIpc) is 3.35. The second-order valence-electron chi connectivity index (χ2n) is 8.55.